The molecular formula is C14H10N4O. The summed E-state index contributed by atoms with van der Waals surface area (Å²) < 4.78 is 0. The van der Waals surface area contributed by atoms with E-state index < -0.39 is 0 Å². The molecule has 3 aromatic heterocycles. The van der Waals surface area contributed by atoms with Gasteiger partial charge in [-0.1, -0.05) is 0 Å². The van der Waals surface area contributed by atoms with Crippen molar-refractivity contribution in [2.45, 2.75) is 0 Å². The Hall–Kier alpha value is -2.82. The van der Waals surface area contributed by atoms with Crippen LogP contribution in [0.3, 0.4) is 0 Å². The molecule has 1 amide bonds. The first-order valence-corrected chi connectivity index (χ1v) is 5.76. The van der Waals surface area contributed by atoms with Crippen LogP contribution in [0.5, 0.6) is 0 Å². The zero-order chi connectivity index (χ0) is 13.1. The first kappa shape index (κ1) is 11.3. The normalized spacial score (nSPS) is 10.3. The number of pyridine rings is 3. The van der Waals surface area contributed by atoms with E-state index in [0.29, 0.717) is 17.0 Å². The molecule has 0 aliphatic heterocycles. The quantitative estimate of drug-likeness (QED) is 0.757. The van der Waals surface area contributed by atoms with E-state index in [2.05, 4.69) is 20.3 Å². The van der Waals surface area contributed by atoms with Crippen molar-refractivity contribution in [3.63, 3.8) is 0 Å². The Morgan fingerprint density at radius 3 is 2.79 bits per heavy atom. The zero-order valence-electron chi connectivity index (χ0n) is 9.95. The predicted octanol–water partition coefficient (Wildman–Crippen LogP) is 2.28. The molecule has 5 nitrogen and oxygen atoms in total. The van der Waals surface area contributed by atoms with Gasteiger partial charge in [0, 0.05) is 24.0 Å². The molecule has 0 spiro atoms. The number of aromatic nitrogens is 3. The molecule has 0 saturated heterocycles. The molecule has 0 atom stereocenters. The van der Waals surface area contributed by atoms with Crippen molar-refractivity contribution < 1.29 is 4.79 Å². The highest BCUT2D eigenvalue weighted by Crippen LogP contribution is 2.13. The highest BCUT2D eigenvalue weighted by Gasteiger charge is 2.07. The molecule has 5 heteroatoms. The van der Waals surface area contributed by atoms with Gasteiger partial charge in [-0.05, 0) is 36.4 Å². The lowest BCUT2D eigenvalue weighted by molar-refractivity contribution is 0.102. The molecule has 0 bridgehead atoms. The Kier molecular flexibility index (Phi) is 2.86. The lowest BCUT2D eigenvalue weighted by Crippen LogP contribution is -2.13. The Labute approximate surface area is 109 Å². The van der Waals surface area contributed by atoms with Crippen molar-refractivity contribution in [3.05, 3.63) is 60.6 Å². The second kappa shape index (κ2) is 4.81. The van der Waals surface area contributed by atoms with Crippen LogP contribution in [0.4, 0.5) is 5.82 Å². The molecule has 19 heavy (non-hydrogen) atoms. The van der Waals surface area contributed by atoms with E-state index in [1.807, 2.05) is 18.2 Å². The molecule has 3 rings (SSSR count). The second-order valence-electron chi connectivity index (χ2n) is 3.94. The van der Waals surface area contributed by atoms with Crippen LogP contribution in [0.25, 0.3) is 11.0 Å². The van der Waals surface area contributed by atoms with Gasteiger partial charge >= 0.3 is 0 Å². The summed E-state index contributed by atoms with van der Waals surface area (Å²) >= 11 is 0. The van der Waals surface area contributed by atoms with Crippen LogP contribution in [-0.4, -0.2) is 20.9 Å². The Morgan fingerprint density at radius 1 is 1.05 bits per heavy atom. The first-order chi connectivity index (χ1) is 9.33. The SMILES string of the molecule is O=C(Nc1ccc2cccnc2n1)c1cccnc1. The number of hydrogen-bond acceptors (Lipinski definition) is 4. The summed E-state index contributed by atoms with van der Waals surface area (Å²) in [4.78, 5) is 24.3. The van der Waals surface area contributed by atoms with Gasteiger partial charge < -0.3 is 5.32 Å². The highest BCUT2D eigenvalue weighted by molar-refractivity contribution is 6.03. The highest BCUT2D eigenvalue weighted by atomic mass is 16.1. The fraction of sp³-hybridized carbons (Fsp3) is 0. The Balaban J connectivity index is 1.87. The van der Waals surface area contributed by atoms with Crippen LogP contribution in [0.2, 0.25) is 0 Å². The topological polar surface area (TPSA) is 67.8 Å². The molecule has 3 aromatic rings. The average Bonchev–Trinajstić information content (AvgIpc) is 2.48. The molecule has 0 radical (unpaired) electrons. The smallest absolute Gasteiger partial charge is 0.258 e. The second-order valence-corrected chi connectivity index (χ2v) is 3.94. The van der Waals surface area contributed by atoms with Gasteiger partial charge in [-0.25, -0.2) is 9.97 Å². The number of hydrogen-bond donors (Lipinski definition) is 1. The monoisotopic (exact) mass is 250 g/mol. The average molecular weight is 250 g/mol. The molecule has 0 unspecified atom stereocenters. The van der Waals surface area contributed by atoms with Crippen molar-refractivity contribution in [3.8, 4) is 0 Å². The number of nitrogens with one attached hydrogen (secondary N) is 1. The number of nitrogens with zero attached hydrogens (tertiary/aromatic N) is 3. The van der Waals surface area contributed by atoms with Crippen LogP contribution in [0, 0.1) is 0 Å². The molecule has 0 aliphatic rings. The first-order valence-electron chi connectivity index (χ1n) is 5.76. The van der Waals surface area contributed by atoms with Crippen LogP contribution in [0.15, 0.2) is 55.0 Å². The third kappa shape index (κ3) is 2.40. The summed E-state index contributed by atoms with van der Waals surface area (Å²) in [6.07, 6.45) is 4.80. The van der Waals surface area contributed by atoms with Crippen molar-refractivity contribution in [2.24, 2.45) is 0 Å². The summed E-state index contributed by atoms with van der Waals surface area (Å²) in [6, 6.07) is 10.8. The van der Waals surface area contributed by atoms with Crippen molar-refractivity contribution >= 4 is 22.8 Å². The van der Waals surface area contributed by atoms with Gasteiger partial charge in [-0.2, -0.15) is 0 Å². The predicted molar refractivity (Wildman–Crippen MR) is 71.7 cm³/mol. The Bertz CT molecular complexity index is 728. The number of anilines is 1. The number of rotatable bonds is 2. The van der Waals surface area contributed by atoms with E-state index in [0.717, 1.165) is 5.39 Å². The largest absolute Gasteiger partial charge is 0.306 e. The van der Waals surface area contributed by atoms with E-state index in [1.165, 1.54) is 6.20 Å². The third-order valence-corrected chi connectivity index (χ3v) is 2.63. The van der Waals surface area contributed by atoms with Gasteiger partial charge in [0.25, 0.3) is 5.91 Å². The fourth-order valence-electron chi connectivity index (χ4n) is 1.71. The number of amides is 1. The molecule has 92 valence electrons. The van der Waals surface area contributed by atoms with Gasteiger partial charge in [0.05, 0.1) is 5.56 Å². The zero-order valence-corrected chi connectivity index (χ0v) is 9.95. The molecule has 0 saturated carbocycles. The fourth-order valence-corrected chi connectivity index (χ4v) is 1.71. The summed E-state index contributed by atoms with van der Waals surface area (Å²) in [6.45, 7) is 0. The van der Waals surface area contributed by atoms with Crippen molar-refractivity contribution in [1.82, 2.24) is 15.0 Å². The maximum absolute atomic E-state index is 11.9. The van der Waals surface area contributed by atoms with Gasteiger partial charge in [-0.15, -0.1) is 0 Å². The van der Waals surface area contributed by atoms with Gasteiger partial charge in [0.1, 0.15) is 5.82 Å². The lowest BCUT2D eigenvalue weighted by atomic mass is 10.2. The molecular weight excluding hydrogens is 240 g/mol. The van der Waals surface area contributed by atoms with E-state index in [-0.39, 0.29) is 5.91 Å². The molecule has 0 aliphatic carbocycles. The third-order valence-electron chi connectivity index (χ3n) is 2.63. The van der Waals surface area contributed by atoms with Gasteiger partial charge in [-0.3, -0.25) is 9.78 Å². The molecule has 1 N–H and O–H groups in total. The standard InChI is InChI=1S/C14H10N4O/c19-14(11-4-1-7-15-9-11)18-12-6-5-10-3-2-8-16-13(10)17-12/h1-9H,(H,16,17,18,19). The maximum atomic E-state index is 11.9. The minimum absolute atomic E-state index is 0.240. The summed E-state index contributed by atoms with van der Waals surface area (Å²) in [5, 5.41) is 3.65. The summed E-state index contributed by atoms with van der Waals surface area (Å²) in [7, 11) is 0. The van der Waals surface area contributed by atoms with Gasteiger partial charge in [0.15, 0.2) is 5.65 Å². The number of carbonyl (C=O) groups is 1. The van der Waals surface area contributed by atoms with Crippen molar-refractivity contribution in [2.75, 3.05) is 5.32 Å². The van der Waals surface area contributed by atoms with Crippen LogP contribution in [-0.2, 0) is 0 Å². The minimum Gasteiger partial charge on any atom is -0.306 e. The van der Waals surface area contributed by atoms with Crippen LogP contribution >= 0.6 is 0 Å². The molecule has 0 fully saturated rings. The van der Waals surface area contributed by atoms with Crippen LogP contribution in [0.1, 0.15) is 10.4 Å². The molecule has 0 aromatic carbocycles. The van der Waals surface area contributed by atoms with E-state index in [4.69, 9.17) is 0 Å². The maximum Gasteiger partial charge on any atom is 0.258 e. The van der Waals surface area contributed by atoms with Gasteiger partial charge in [0.2, 0.25) is 0 Å². The van der Waals surface area contributed by atoms with E-state index in [1.54, 1.807) is 30.6 Å². The van der Waals surface area contributed by atoms with E-state index >= 15 is 0 Å². The molecule has 3 heterocycles. The summed E-state index contributed by atoms with van der Waals surface area (Å²) in [5.74, 6) is 0.232. The van der Waals surface area contributed by atoms with E-state index in [9.17, 15) is 4.79 Å². The number of carbonyl (C=O) groups excluding carboxylic acids is 1. The summed E-state index contributed by atoms with van der Waals surface area (Å²) in [5.41, 5.74) is 1.09. The minimum atomic E-state index is -0.240. The Morgan fingerprint density at radius 2 is 1.95 bits per heavy atom. The van der Waals surface area contributed by atoms with Crippen LogP contribution < -0.4 is 5.32 Å². The number of fused-ring (bicyclic) bond motifs is 1. The lowest BCUT2D eigenvalue weighted by Gasteiger charge is -2.04. The van der Waals surface area contributed by atoms with Crippen molar-refractivity contribution in [1.29, 1.82) is 0 Å².